The van der Waals surface area contributed by atoms with E-state index in [0.717, 1.165) is 0 Å². The van der Waals surface area contributed by atoms with Gasteiger partial charge in [-0.05, 0) is 24.6 Å². The van der Waals surface area contributed by atoms with E-state index in [4.69, 9.17) is 16.3 Å². The molecule has 2 atom stereocenters. The van der Waals surface area contributed by atoms with Crippen LogP contribution in [0.5, 0.6) is 0 Å². The maximum Gasteiger partial charge on any atom is 0.312 e. The van der Waals surface area contributed by atoms with Gasteiger partial charge in [-0.3, -0.25) is 14.4 Å². The molecule has 1 aromatic rings. The van der Waals surface area contributed by atoms with Crippen LogP contribution in [-0.4, -0.2) is 60.3 Å². The van der Waals surface area contributed by atoms with Crippen molar-refractivity contribution < 1.29 is 23.5 Å². The zero-order valence-corrected chi connectivity index (χ0v) is 15.1. The first-order valence-corrected chi connectivity index (χ1v) is 8.72. The quantitative estimate of drug-likeness (QED) is 0.568. The SMILES string of the molecule is CC(NC(=O)CCl)C1CN(C(=O)C(=O)NCc2ccc(F)cc2)CCO1. The minimum absolute atomic E-state index is 0.126. The summed E-state index contributed by atoms with van der Waals surface area (Å²) >= 11 is 5.46. The Morgan fingerprint density at radius 1 is 1.35 bits per heavy atom. The lowest BCUT2D eigenvalue weighted by molar-refractivity contribution is -0.151. The Kier molecular flexibility index (Phi) is 7.35. The van der Waals surface area contributed by atoms with Gasteiger partial charge in [0.15, 0.2) is 0 Å². The maximum absolute atomic E-state index is 12.9. The second-order valence-electron chi connectivity index (χ2n) is 5.96. The third-order valence-electron chi connectivity index (χ3n) is 4.01. The normalized spacial score (nSPS) is 18.1. The van der Waals surface area contributed by atoms with Gasteiger partial charge in [0.2, 0.25) is 5.91 Å². The number of nitrogens with one attached hydrogen (secondary N) is 2. The van der Waals surface area contributed by atoms with Gasteiger partial charge in [0, 0.05) is 19.6 Å². The van der Waals surface area contributed by atoms with Gasteiger partial charge in [-0.2, -0.15) is 0 Å². The molecule has 0 radical (unpaired) electrons. The van der Waals surface area contributed by atoms with Crippen molar-refractivity contribution in [3.63, 3.8) is 0 Å². The summed E-state index contributed by atoms with van der Waals surface area (Å²) in [5, 5.41) is 5.19. The van der Waals surface area contributed by atoms with Crippen LogP contribution in [0.1, 0.15) is 12.5 Å². The Morgan fingerprint density at radius 2 is 2.04 bits per heavy atom. The van der Waals surface area contributed by atoms with Gasteiger partial charge in [-0.25, -0.2) is 4.39 Å². The van der Waals surface area contributed by atoms with Gasteiger partial charge in [0.05, 0.1) is 18.8 Å². The molecule has 2 unspecified atom stereocenters. The molecule has 0 spiro atoms. The Bertz CT molecular complexity index is 656. The average molecular weight is 386 g/mol. The number of hydrogen-bond acceptors (Lipinski definition) is 4. The fraction of sp³-hybridized carbons (Fsp3) is 0.471. The van der Waals surface area contributed by atoms with E-state index in [9.17, 15) is 18.8 Å². The molecule has 2 N–H and O–H groups in total. The number of morpholine rings is 1. The van der Waals surface area contributed by atoms with Gasteiger partial charge in [-0.15, -0.1) is 11.6 Å². The third kappa shape index (κ3) is 5.67. The molecule has 7 nitrogen and oxygen atoms in total. The summed E-state index contributed by atoms with van der Waals surface area (Å²) in [6, 6.07) is 5.29. The highest BCUT2D eigenvalue weighted by molar-refractivity contribution is 6.35. The molecule has 3 amide bonds. The number of ether oxygens (including phenoxy) is 1. The van der Waals surface area contributed by atoms with Gasteiger partial charge in [0.1, 0.15) is 11.7 Å². The molecule has 1 aliphatic rings. The number of alkyl halides is 1. The minimum atomic E-state index is -0.743. The zero-order valence-electron chi connectivity index (χ0n) is 14.3. The molecule has 1 heterocycles. The van der Waals surface area contributed by atoms with Crippen LogP contribution in [0.3, 0.4) is 0 Å². The van der Waals surface area contributed by atoms with Gasteiger partial charge >= 0.3 is 11.8 Å². The lowest BCUT2D eigenvalue weighted by Gasteiger charge is -2.35. The number of benzene rings is 1. The van der Waals surface area contributed by atoms with E-state index in [-0.39, 0.29) is 49.9 Å². The van der Waals surface area contributed by atoms with Gasteiger partial charge in [-0.1, -0.05) is 12.1 Å². The Morgan fingerprint density at radius 3 is 2.69 bits per heavy atom. The first kappa shape index (κ1) is 20.1. The number of hydrogen-bond donors (Lipinski definition) is 2. The number of rotatable bonds is 5. The highest BCUT2D eigenvalue weighted by Crippen LogP contribution is 2.10. The maximum atomic E-state index is 12.9. The summed E-state index contributed by atoms with van der Waals surface area (Å²) in [4.78, 5) is 37.1. The van der Waals surface area contributed by atoms with Crippen LogP contribution >= 0.6 is 11.6 Å². The summed E-state index contributed by atoms with van der Waals surface area (Å²) in [5.41, 5.74) is 0.685. The highest BCUT2D eigenvalue weighted by atomic mass is 35.5. The van der Waals surface area contributed by atoms with Crippen LogP contribution in [0, 0.1) is 5.82 Å². The summed E-state index contributed by atoms with van der Waals surface area (Å²) in [6.45, 7) is 2.61. The number of amides is 3. The topological polar surface area (TPSA) is 87.7 Å². The van der Waals surface area contributed by atoms with Crippen molar-refractivity contribution in [1.29, 1.82) is 0 Å². The molecule has 0 aromatic heterocycles. The monoisotopic (exact) mass is 385 g/mol. The van der Waals surface area contributed by atoms with Crippen molar-refractivity contribution >= 4 is 29.3 Å². The minimum Gasteiger partial charge on any atom is -0.372 e. The van der Waals surface area contributed by atoms with Crippen LogP contribution in [0.4, 0.5) is 4.39 Å². The number of nitrogens with zero attached hydrogens (tertiary/aromatic N) is 1. The van der Waals surface area contributed by atoms with Crippen LogP contribution in [-0.2, 0) is 25.7 Å². The molecule has 0 bridgehead atoms. The lowest BCUT2D eigenvalue weighted by Crippen LogP contribution is -2.56. The zero-order chi connectivity index (χ0) is 19.1. The second kappa shape index (κ2) is 9.49. The summed E-state index contributed by atoms with van der Waals surface area (Å²) in [7, 11) is 0. The smallest absolute Gasteiger partial charge is 0.312 e. The predicted molar refractivity (Wildman–Crippen MR) is 92.9 cm³/mol. The van der Waals surface area contributed by atoms with Gasteiger partial charge in [0.25, 0.3) is 0 Å². The molecule has 2 rings (SSSR count). The molecule has 26 heavy (non-hydrogen) atoms. The first-order valence-electron chi connectivity index (χ1n) is 8.19. The molecule has 142 valence electrons. The standard InChI is InChI=1S/C17H21ClFN3O4/c1-11(21-15(23)8-18)14-10-22(6-7-26-14)17(25)16(24)20-9-12-2-4-13(19)5-3-12/h2-5,11,14H,6-10H2,1H3,(H,20,24)(H,21,23). The van der Waals surface area contributed by atoms with E-state index in [1.165, 1.54) is 29.2 Å². The van der Waals surface area contributed by atoms with Crippen molar-refractivity contribution in [3.8, 4) is 0 Å². The van der Waals surface area contributed by atoms with Crippen molar-refractivity contribution in [2.75, 3.05) is 25.6 Å². The van der Waals surface area contributed by atoms with Crippen LogP contribution in [0.25, 0.3) is 0 Å². The highest BCUT2D eigenvalue weighted by Gasteiger charge is 2.31. The number of halogens is 2. The fourth-order valence-corrected chi connectivity index (χ4v) is 2.63. The molecular weight excluding hydrogens is 365 g/mol. The van der Waals surface area contributed by atoms with E-state index >= 15 is 0 Å². The molecule has 1 saturated heterocycles. The summed E-state index contributed by atoms with van der Waals surface area (Å²) in [5.74, 6) is -2.27. The van der Waals surface area contributed by atoms with Crippen molar-refractivity contribution in [1.82, 2.24) is 15.5 Å². The number of carbonyl (C=O) groups excluding carboxylic acids is 3. The Balaban J connectivity index is 1.86. The first-order chi connectivity index (χ1) is 12.4. The second-order valence-corrected chi connectivity index (χ2v) is 6.23. The van der Waals surface area contributed by atoms with E-state index in [2.05, 4.69) is 10.6 Å². The van der Waals surface area contributed by atoms with E-state index < -0.39 is 17.9 Å². The van der Waals surface area contributed by atoms with Crippen molar-refractivity contribution in [3.05, 3.63) is 35.6 Å². The van der Waals surface area contributed by atoms with Gasteiger partial charge < -0.3 is 20.3 Å². The largest absolute Gasteiger partial charge is 0.372 e. The molecule has 0 aliphatic carbocycles. The predicted octanol–water partition coefficient (Wildman–Crippen LogP) is 0.413. The number of carbonyl (C=O) groups is 3. The Hall–Kier alpha value is -2.19. The average Bonchev–Trinajstić information content (AvgIpc) is 2.66. The van der Waals surface area contributed by atoms with Crippen molar-refractivity contribution in [2.24, 2.45) is 0 Å². The van der Waals surface area contributed by atoms with E-state index in [1.807, 2.05) is 0 Å². The van der Waals surface area contributed by atoms with E-state index in [1.54, 1.807) is 6.92 Å². The molecule has 1 aromatic carbocycles. The van der Waals surface area contributed by atoms with Crippen LogP contribution in [0.15, 0.2) is 24.3 Å². The van der Waals surface area contributed by atoms with E-state index in [0.29, 0.717) is 5.56 Å². The summed E-state index contributed by atoms with van der Waals surface area (Å²) in [6.07, 6.45) is -0.426. The third-order valence-corrected chi connectivity index (χ3v) is 4.25. The molecule has 0 saturated carbocycles. The van der Waals surface area contributed by atoms with Crippen LogP contribution < -0.4 is 10.6 Å². The molecule has 1 aliphatic heterocycles. The Labute approximate surface area is 155 Å². The van der Waals surface area contributed by atoms with Crippen LogP contribution in [0.2, 0.25) is 0 Å². The van der Waals surface area contributed by atoms with Crippen molar-refractivity contribution in [2.45, 2.75) is 25.6 Å². The molecule has 9 heteroatoms. The molecule has 1 fully saturated rings. The lowest BCUT2D eigenvalue weighted by atomic mass is 10.1. The fourth-order valence-electron chi connectivity index (χ4n) is 2.55. The molecular formula is C17H21ClFN3O4. The summed E-state index contributed by atoms with van der Waals surface area (Å²) < 4.78 is 18.4.